The molecule has 1 aromatic heterocycles. The Hall–Kier alpha value is -3.71. The molecule has 0 aliphatic heterocycles. The molecule has 4 rings (SSSR count). The van der Waals surface area contributed by atoms with Gasteiger partial charge in [0.1, 0.15) is 0 Å². The summed E-state index contributed by atoms with van der Waals surface area (Å²) >= 11 is 0. The van der Waals surface area contributed by atoms with Crippen molar-refractivity contribution < 1.29 is 9.90 Å². The molecule has 0 radical (unpaired) electrons. The zero-order valence-corrected chi connectivity index (χ0v) is 13.8. The normalized spacial score (nSPS) is 10.7. The Morgan fingerprint density at radius 2 is 1.77 bits per heavy atom. The quantitative estimate of drug-likeness (QED) is 0.594. The number of fused-ring (bicyclic) bond motifs is 2. The van der Waals surface area contributed by atoms with Crippen LogP contribution in [0.25, 0.3) is 32.7 Å². The van der Waals surface area contributed by atoms with Gasteiger partial charge in [0.15, 0.2) is 0 Å². The zero-order valence-electron chi connectivity index (χ0n) is 13.8. The lowest BCUT2D eigenvalue weighted by Gasteiger charge is -2.11. The minimum absolute atomic E-state index is 0.0220. The summed E-state index contributed by atoms with van der Waals surface area (Å²) in [6, 6.07) is 19.4. The van der Waals surface area contributed by atoms with Gasteiger partial charge in [-0.05, 0) is 34.0 Å². The van der Waals surface area contributed by atoms with Gasteiger partial charge in [-0.15, -0.1) is 0 Å². The van der Waals surface area contributed by atoms with Crippen LogP contribution < -0.4 is 0 Å². The third-order valence-electron chi connectivity index (χ3n) is 4.52. The van der Waals surface area contributed by atoms with Crippen molar-refractivity contribution in [3.05, 3.63) is 78.1 Å². The number of aromatic nitrogens is 1. The summed E-state index contributed by atoms with van der Waals surface area (Å²) in [6.07, 6.45) is 3.54. The number of hydrogen-bond acceptors (Lipinski definition) is 3. The van der Waals surface area contributed by atoms with Crippen molar-refractivity contribution in [2.75, 3.05) is 0 Å². The molecule has 0 bridgehead atoms. The Labute approximate surface area is 150 Å². The summed E-state index contributed by atoms with van der Waals surface area (Å²) in [6.45, 7) is 0. The van der Waals surface area contributed by atoms with Crippen molar-refractivity contribution in [2.45, 2.75) is 6.42 Å². The summed E-state index contributed by atoms with van der Waals surface area (Å²) < 4.78 is 0. The highest BCUT2D eigenvalue weighted by atomic mass is 16.4. The van der Waals surface area contributed by atoms with Crippen molar-refractivity contribution in [2.24, 2.45) is 0 Å². The van der Waals surface area contributed by atoms with Gasteiger partial charge in [0.25, 0.3) is 0 Å². The highest BCUT2D eigenvalue weighted by molar-refractivity contribution is 6.06. The number of rotatable bonds is 3. The van der Waals surface area contributed by atoms with Crippen LogP contribution in [0.3, 0.4) is 0 Å². The first-order valence-electron chi connectivity index (χ1n) is 8.18. The van der Waals surface area contributed by atoms with E-state index < -0.39 is 5.97 Å². The SMILES string of the molecule is N#Cc1ccc(-c2cncc3ccc(CC(=O)O)cc23)c2ccccc12. The molecule has 0 amide bonds. The smallest absolute Gasteiger partial charge is 0.307 e. The number of carbonyl (C=O) groups is 1. The van der Waals surface area contributed by atoms with Crippen LogP contribution in [0.4, 0.5) is 0 Å². The van der Waals surface area contributed by atoms with Gasteiger partial charge in [-0.25, -0.2) is 0 Å². The topological polar surface area (TPSA) is 74.0 Å². The number of benzene rings is 3. The Morgan fingerprint density at radius 3 is 2.54 bits per heavy atom. The van der Waals surface area contributed by atoms with Crippen molar-refractivity contribution in [1.82, 2.24) is 4.98 Å². The molecule has 124 valence electrons. The second kappa shape index (κ2) is 6.30. The van der Waals surface area contributed by atoms with Crippen molar-refractivity contribution in [3.63, 3.8) is 0 Å². The third kappa shape index (κ3) is 2.66. The van der Waals surface area contributed by atoms with E-state index in [2.05, 4.69) is 11.1 Å². The van der Waals surface area contributed by atoms with Crippen LogP contribution >= 0.6 is 0 Å². The summed E-state index contributed by atoms with van der Waals surface area (Å²) in [5.74, 6) is -0.858. The molecule has 4 aromatic rings. The maximum atomic E-state index is 11.1. The summed E-state index contributed by atoms with van der Waals surface area (Å²) in [7, 11) is 0. The lowest BCUT2D eigenvalue weighted by Crippen LogP contribution is -2.00. The molecule has 4 nitrogen and oxygen atoms in total. The van der Waals surface area contributed by atoms with Crippen molar-refractivity contribution in [1.29, 1.82) is 5.26 Å². The predicted molar refractivity (Wildman–Crippen MR) is 101 cm³/mol. The fourth-order valence-corrected chi connectivity index (χ4v) is 3.34. The first-order valence-corrected chi connectivity index (χ1v) is 8.18. The van der Waals surface area contributed by atoms with E-state index in [1.54, 1.807) is 12.4 Å². The fraction of sp³-hybridized carbons (Fsp3) is 0.0455. The number of pyridine rings is 1. The highest BCUT2D eigenvalue weighted by Gasteiger charge is 2.12. The number of carboxylic acids is 1. The van der Waals surface area contributed by atoms with Crippen LogP contribution in [0.15, 0.2) is 67.0 Å². The van der Waals surface area contributed by atoms with Crippen LogP contribution in [0.1, 0.15) is 11.1 Å². The van der Waals surface area contributed by atoms with Crippen LogP contribution in [0, 0.1) is 11.3 Å². The van der Waals surface area contributed by atoms with E-state index in [9.17, 15) is 10.1 Å². The van der Waals surface area contributed by atoms with Crippen LogP contribution in [0.5, 0.6) is 0 Å². The van der Waals surface area contributed by atoms with Crippen LogP contribution in [0.2, 0.25) is 0 Å². The molecule has 0 atom stereocenters. The maximum Gasteiger partial charge on any atom is 0.307 e. The lowest BCUT2D eigenvalue weighted by molar-refractivity contribution is -0.136. The Kier molecular flexibility index (Phi) is 3.83. The van der Waals surface area contributed by atoms with Crippen LogP contribution in [-0.2, 0) is 11.2 Å². The number of nitrogens with zero attached hydrogens (tertiary/aromatic N) is 2. The third-order valence-corrected chi connectivity index (χ3v) is 4.52. The molecular formula is C22H14N2O2. The van der Waals surface area contributed by atoms with Gasteiger partial charge < -0.3 is 5.11 Å². The summed E-state index contributed by atoms with van der Waals surface area (Å²) in [5.41, 5.74) is 3.28. The molecule has 0 unspecified atom stereocenters. The number of aliphatic carboxylic acids is 1. The molecule has 0 saturated carbocycles. The summed E-state index contributed by atoms with van der Waals surface area (Å²) in [5, 5.41) is 22.2. The molecule has 0 saturated heterocycles. The van der Waals surface area contributed by atoms with Crippen LogP contribution in [-0.4, -0.2) is 16.1 Å². The molecule has 3 aromatic carbocycles. The fourth-order valence-electron chi connectivity index (χ4n) is 3.34. The van der Waals surface area contributed by atoms with E-state index in [4.69, 9.17) is 5.11 Å². The van der Waals surface area contributed by atoms with Gasteiger partial charge in [-0.1, -0.05) is 42.5 Å². The van der Waals surface area contributed by atoms with E-state index in [0.717, 1.165) is 38.2 Å². The zero-order chi connectivity index (χ0) is 18.1. The van der Waals surface area contributed by atoms with Crippen molar-refractivity contribution >= 4 is 27.5 Å². The molecular weight excluding hydrogens is 324 g/mol. The Balaban J connectivity index is 2.02. The van der Waals surface area contributed by atoms with Gasteiger partial charge in [0.2, 0.25) is 0 Å². The van der Waals surface area contributed by atoms with E-state index in [1.807, 2.05) is 54.6 Å². The van der Waals surface area contributed by atoms with Gasteiger partial charge in [0.05, 0.1) is 18.1 Å². The molecule has 26 heavy (non-hydrogen) atoms. The van der Waals surface area contributed by atoms with Gasteiger partial charge >= 0.3 is 5.97 Å². The molecule has 4 heteroatoms. The molecule has 1 heterocycles. The summed E-state index contributed by atoms with van der Waals surface area (Å²) in [4.78, 5) is 15.4. The molecule has 0 spiro atoms. The van der Waals surface area contributed by atoms with Gasteiger partial charge in [0, 0.05) is 28.7 Å². The van der Waals surface area contributed by atoms with E-state index >= 15 is 0 Å². The van der Waals surface area contributed by atoms with Crippen molar-refractivity contribution in [3.8, 4) is 17.2 Å². The maximum absolute atomic E-state index is 11.1. The van der Waals surface area contributed by atoms with E-state index in [1.165, 1.54) is 0 Å². The van der Waals surface area contributed by atoms with Gasteiger partial charge in [-0.2, -0.15) is 5.26 Å². The molecule has 1 N–H and O–H groups in total. The number of carboxylic acid groups (broad SMARTS) is 1. The second-order valence-corrected chi connectivity index (χ2v) is 6.13. The highest BCUT2D eigenvalue weighted by Crippen LogP contribution is 2.34. The molecule has 0 aliphatic carbocycles. The standard InChI is InChI=1S/C22H14N2O2/c23-11-15-7-8-19(18-4-2-1-3-17(15)18)21-13-24-12-16-6-5-14(9-20(16)21)10-22(25)26/h1-9,12-13H,10H2,(H,25,26). The first-order chi connectivity index (χ1) is 12.7. The minimum atomic E-state index is -0.858. The number of nitriles is 1. The largest absolute Gasteiger partial charge is 0.481 e. The Morgan fingerprint density at radius 1 is 0.962 bits per heavy atom. The van der Waals surface area contributed by atoms with E-state index in [-0.39, 0.29) is 6.42 Å². The number of hydrogen-bond donors (Lipinski definition) is 1. The average Bonchev–Trinajstić information content (AvgIpc) is 2.66. The van der Waals surface area contributed by atoms with E-state index in [0.29, 0.717) is 5.56 Å². The van der Waals surface area contributed by atoms with Gasteiger partial charge in [-0.3, -0.25) is 9.78 Å². The molecule has 0 fully saturated rings. The second-order valence-electron chi connectivity index (χ2n) is 6.13. The Bertz CT molecular complexity index is 1210. The first kappa shape index (κ1) is 15.8. The minimum Gasteiger partial charge on any atom is -0.481 e. The predicted octanol–water partition coefficient (Wildman–Crippen LogP) is 4.55. The monoisotopic (exact) mass is 338 g/mol. The average molecular weight is 338 g/mol. The lowest BCUT2D eigenvalue weighted by atomic mass is 9.93. The molecule has 0 aliphatic rings.